The zero-order valence-electron chi connectivity index (χ0n) is 10.5. The molecule has 1 aromatic heterocycles. The molecular weight excluding hydrogens is 226 g/mol. The van der Waals surface area contributed by atoms with Gasteiger partial charge in [-0.25, -0.2) is 0 Å². The van der Waals surface area contributed by atoms with Crippen molar-refractivity contribution in [3.63, 3.8) is 0 Å². The highest BCUT2D eigenvalue weighted by atomic mass is 16.4. The Morgan fingerprint density at radius 1 is 1.39 bits per heavy atom. The molecule has 94 valence electrons. The fourth-order valence-electron chi connectivity index (χ4n) is 2.76. The van der Waals surface area contributed by atoms with E-state index in [9.17, 15) is 4.79 Å². The molecule has 18 heavy (non-hydrogen) atoms. The van der Waals surface area contributed by atoms with E-state index in [0.29, 0.717) is 6.42 Å². The summed E-state index contributed by atoms with van der Waals surface area (Å²) in [6.07, 6.45) is 4.44. The van der Waals surface area contributed by atoms with Crippen LogP contribution in [-0.4, -0.2) is 15.6 Å². The van der Waals surface area contributed by atoms with Gasteiger partial charge in [-0.15, -0.1) is 0 Å². The SMILES string of the molecule is Cc1cccc2c1ccn2CC1(CC(=O)O)CC1. The topological polar surface area (TPSA) is 42.2 Å². The lowest BCUT2D eigenvalue weighted by molar-refractivity contribution is -0.138. The van der Waals surface area contributed by atoms with Gasteiger partial charge < -0.3 is 9.67 Å². The second-order valence-corrected chi connectivity index (χ2v) is 5.52. The van der Waals surface area contributed by atoms with Gasteiger partial charge in [-0.05, 0) is 42.9 Å². The minimum Gasteiger partial charge on any atom is -0.481 e. The minimum absolute atomic E-state index is 0.00152. The standard InChI is InChI=1S/C15H17NO2/c1-11-3-2-4-13-12(11)5-8-16(13)10-15(6-7-15)9-14(17)18/h2-5,8H,6-7,9-10H2,1H3,(H,17,18). The van der Waals surface area contributed by atoms with Crippen molar-refractivity contribution in [2.24, 2.45) is 5.41 Å². The Morgan fingerprint density at radius 3 is 2.83 bits per heavy atom. The molecule has 1 saturated carbocycles. The van der Waals surface area contributed by atoms with Crippen LogP contribution in [0.4, 0.5) is 0 Å². The molecule has 2 aromatic rings. The molecule has 3 heteroatoms. The third kappa shape index (κ3) is 1.90. The maximum atomic E-state index is 10.9. The third-order valence-corrected chi connectivity index (χ3v) is 4.02. The number of carboxylic acids is 1. The van der Waals surface area contributed by atoms with Crippen LogP contribution in [0.25, 0.3) is 10.9 Å². The number of carbonyl (C=O) groups is 1. The molecule has 1 aromatic carbocycles. The first-order valence-electron chi connectivity index (χ1n) is 6.36. The zero-order valence-corrected chi connectivity index (χ0v) is 10.5. The van der Waals surface area contributed by atoms with Crippen LogP contribution in [-0.2, 0) is 11.3 Å². The van der Waals surface area contributed by atoms with E-state index >= 15 is 0 Å². The summed E-state index contributed by atoms with van der Waals surface area (Å²) in [7, 11) is 0. The van der Waals surface area contributed by atoms with Crippen LogP contribution in [0.3, 0.4) is 0 Å². The summed E-state index contributed by atoms with van der Waals surface area (Å²) in [5.41, 5.74) is 2.49. The van der Waals surface area contributed by atoms with Crippen LogP contribution in [0.5, 0.6) is 0 Å². The van der Waals surface area contributed by atoms with Gasteiger partial charge in [0.2, 0.25) is 0 Å². The minimum atomic E-state index is -0.680. The molecule has 0 bridgehead atoms. The molecule has 0 spiro atoms. The summed E-state index contributed by atoms with van der Waals surface area (Å²) >= 11 is 0. The number of hydrogen-bond donors (Lipinski definition) is 1. The number of aliphatic carboxylic acids is 1. The molecule has 1 aliphatic carbocycles. The number of aryl methyl sites for hydroxylation is 1. The lowest BCUT2D eigenvalue weighted by Crippen LogP contribution is -2.15. The molecule has 1 N–H and O–H groups in total. The predicted molar refractivity (Wildman–Crippen MR) is 70.6 cm³/mol. The van der Waals surface area contributed by atoms with Crippen LogP contribution in [0.15, 0.2) is 30.5 Å². The maximum absolute atomic E-state index is 10.9. The molecule has 3 rings (SSSR count). The first-order valence-corrected chi connectivity index (χ1v) is 6.36. The Hall–Kier alpha value is -1.77. The lowest BCUT2D eigenvalue weighted by atomic mass is 10.0. The Labute approximate surface area is 106 Å². The largest absolute Gasteiger partial charge is 0.481 e. The quantitative estimate of drug-likeness (QED) is 0.896. The molecule has 1 fully saturated rings. The van der Waals surface area contributed by atoms with Crippen molar-refractivity contribution in [2.45, 2.75) is 32.7 Å². The third-order valence-electron chi connectivity index (χ3n) is 4.02. The number of fused-ring (bicyclic) bond motifs is 1. The van der Waals surface area contributed by atoms with E-state index < -0.39 is 5.97 Å². The average Bonchev–Trinajstić information content (AvgIpc) is 2.91. The highest BCUT2D eigenvalue weighted by molar-refractivity contribution is 5.83. The zero-order chi connectivity index (χ0) is 12.8. The van der Waals surface area contributed by atoms with E-state index in [0.717, 1.165) is 19.4 Å². The Balaban J connectivity index is 1.92. The molecule has 0 amide bonds. The summed E-state index contributed by atoms with van der Waals surface area (Å²) in [6, 6.07) is 8.41. The number of rotatable bonds is 4. The molecule has 3 nitrogen and oxygen atoms in total. The Kier molecular flexibility index (Phi) is 2.44. The molecule has 1 heterocycles. The van der Waals surface area contributed by atoms with Gasteiger partial charge in [-0.2, -0.15) is 0 Å². The van der Waals surface area contributed by atoms with Crippen LogP contribution in [0, 0.1) is 12.3 Å². The van der Waals surface area contributed by atoms with Crippen molar-refractivity contribution in [1.82, 2.24) is 4.57 Å². The molecular formula is C15H17NO2. The van der Waals surface area contributed by atoms with Crippen LogP contribution >= 0.6 is 0 Å². The molecule has 0 saturated heterocycles. The van der Waals surface area contributed by atoms with Gasteiger partial charge >= 0.3 is 5.97 Å². The van der Waals surface area contributed by atoms with Crippen LogP contribution in [0.1, 0.15) is 24.8 Å². The van der Waals surface area contributed by atoms with Gasteiger partial charge in [0.15, 0.2) is 0 Å². The monoisotopic (exact) mass is 243 g/mol. The molecule has 0 unspecified atom stereocenters. The van der Waals surface area contributed by atoms with Crippen molar-refractivity contribution in [2.75, 3.05) is 0 Å². The second kappa shape index (κ2) is 3.87. The van der Waals surface area contributed by atoms with Gasteiger partial charge in [-0.1, -0.05) is 12.1 Å². The summed E-state index contributed by atoms with van der Waals surface area (Å²) in [6.45, 7) is 2.93. The predicted octanol–water partition coefficient (Wildman–Crippen LogP) is 3.20. The Morgan fingerprint density at radius 2 is 2.17 bits per heavy atom. The summed E-state index contributed by atoms with van der Waals surface area (Å²) < 4.78 is 2.21. The average molecular weight is 243 g/mol. The van der Waals surface area contributed by atoms with Crippen molar-refractivity contribution in [3.8, 4) is 0 Å². The van der Waals surface area contributed by atoms with E-state index in [1.807, 2.05) is 0 Å². The van der Waals surface area contributed by atoms with E-state index in [-0.39, 0.29) is 5.41 Å². The fourth-order valence-corrected chi connectivity index (χ4v) is 2.76. The van der Waals surface area contributed by atoms with Crippen molar-refractivity contribution < 1.29 is 9.90 Å². The molecule has 0 aliphatic heterocycles. The van der Waals surface area contributed by atoms with Gasteiger partial charge in [-0.3, -0.25) is 4.79 Å². The maximum Gasteiger partial charge on any atom is 0.303 e. The highest BCUT2D eigenvalue weighted by Gasteiger charge is 2.44. The van der Waals surface area contributed by atoms with Crippen LogP contribution in [0.2, 0.25) is 0 Å². The van der Waals surface area contributed by atoms with E-state index in [4.69, 9.17) is 5.11 Å². The number of nitrogens with zero attached hydrogens (tertiary/aromatic N) is 1. The van der Waals surface area contributed by atoms with Crippen LogP contribution < -0.4 is 0 Å². The fraction of sp³-hybridized carbons (Fsp3) is 0.400. The van der Waals surface area contributed by atoms with Crippen molar-refractivity contribution >= 4 is 16.9 Å². The van der Waals surface area contributed by atoms with Gasteiger partial charge in [0.05, 0.1) is 6.42 Å². The lowest BCUT2D eigenvalue weighted by Gasteiger charge is -2.14. The van der Waals surface area contributed by atoms with Gasteiger partial charge in [0, 0.05) is 23.6 Å². The smallest absolute Gasteiger partial charge is 0.303 e. The normalized spacial score (nSPS) is 16.9. The van der Waals surface area contributed by atoms with Gasteiger partial charge in [0.1, 0.15) is 0 Å². The first kappa shape index (κ1) is 11.3. The second-order valence-electron chi connectivity index (χ2n) is 5.52. The number of benzene rings is 1. The van der Waals surface area contributed by atoms with Crippen molar-refractivity contribution in [3.05, 3.63) is 36.0 Å². The summed E-state index contributed by atoms with van der Waals surface area (Å²) in [4.78, 5) is 10.9. The molecule has 0 radical (unpaired) electrons. The van der Waals surface area contributed by atoms with E-state index in [1.165, 1.54) is 16.5 Å². The molecule has 1 aliphatic rings. The number of carboxylic acid groups (broad SMARTS) is 1. The van der Waals surface area contributed by atoms with E-state index in [2.05, 4.69) is 42.0 Å². The number of aromatic nitrogens is 1. The number of hydrogen-bond acceptors (Lipinski definition) is 1. The summed E-state index contributed by atoms with van der Waals surface area (Å²) in [5, 5.41) is 10.2. The van der Waals surface area contributed by atoms with E-state index in [1.54, 1.807) is 0 Å². The highest BCUT2D eigenvalue weighted by Crippen LogP contribution is 2.50. The van der Waals surface area contributed by atoms with Crippen molar-refractivity contribution in [1.29, 1.82) is 0 Å². The Bertz CT molecular complexity index is 608. The summed E-state index contributed by atoms with van der Waals surface area (Å²) in [5.74, 6) is -0.680. The first-order chi connectivity index (χ1) is 8.60. The molecule has 0 atom stereocenters. The van der Waals surface area contributed by atoms with Gasteiger partial charge in [0.25, 0.3) is 0 Å².